The first kappa shape index (κ1) is 16.0. The van der Waals surface area contributed by atoms with Crippen LogP contribution in [0.15, 0.2) is 0 Å². The van der Waals surface area contributed by atoms with Crippen LogP contribution in [0.2, 0.25) is 0 Å². The minimum atomic E-state index is 0.368. The van der Waals surface area contributed by atoms with Crippen LogP contribution in [-0.2, 0) is 0 Å². The molecule has 1 aliphatic carbocycles. The SMILES string of the molecule is CCNCC1(CN(C)C(C)C(C)(C)C)CCCC1. The molecule has 1 rings (SSSR count). The fourth-order valence-corrected chi connectivity index (χ4v) is 3.23. The summed E-state index contributed by atoms with van der Waals surface area (Å²) in [5, 5.41) is 3.59. The van der Waals surface area contributed by atoms with E-state index in [1.807, 2.05) is 0 Å². The Balaban J connectivity index is 2.60. The molecule has 0 radical (unpaired) electrons. The summed E-state index contributed by atoms with van der Waals surface area (Å²) in [6, 6.07) is 0.636. The van der Waals surface area contributed by atoms with E-state index in [-0.39, 0.29) is 0 Å². The third-order valence-corrected chi connectivity index (χ3v) is 4.91. The molecule has 1 N–H and O–H groups in total. The first-order valence-corrected chi connectivity index (χ1v) is 7.72. The van der Waals surface area contributed by atoms with Gasteiger partial charge in [-0.05, 0) is 44.2 Å². The van der Waals surface area contributed by atoms with Crippen LogP contribution in [0.3, 0.4) is 0 Å². The molecule has 0 amide bonds. The Hall–Kier alpha value is -0.0800. The summed E-state index contributed by atoms with van der Waals surface area (Å²) < 4.78 is 0. The molecule has 1 aliphatic rings. The first-order valence-electron chi connectivity index (χ1n) is 7.72. The minimum absolute atomic E-state index is 0.368. The lowest BCUT2D eigenvalue weighted by molar-refractivity contribution is 0.0851. The van der Waals surface area contributed by atoms with Gasteiger partial charge in [-0.25, -0.2) is 0 Å². The predicted molar refractivity (Wildman–Crippen MR) is 81.0 cm³/mol. The first-order chi connectivity index (χ1) is 8.31. The molecular formula is C16H34N2. The Labute approximate surface area is 115 Å². The van der Waals surface area contributed by atoms with Crippen molar-refractivity contribution in [3.63, 3.8) is 0 Å². The van der Waals surface area contributed by atoms with E-state index in [0.29, 0.717) is 16.9 Å². The summed E-state index contributed by atoms with van der Waals surface area (Å²) in [6.07, 6.45) is 5.65. The lowest BCUT2D eigenvalue weighted by Gasteiger charge is -2.41. The lowest BCUT2D eigenvalue weighted by Crippen LogP contribution is -2.47. The number of rotatable bonds is 6. The van der Waals surface area contributed by atoms with Crippen molar-refractivity contribution in [2.75, 3.05) is 26.7 Å². The van der Waals surface area contributed by atoms with Crippen molar-refractivity contribution in [3.05, 3.63) is 0 Å². The predicted octanol–water partition coefficient (Wildman–Crippen LogP) is 3.52. The molecule has 2 heteroatoms. The minimum Gasteiger partial charge on any atom is -0.316 e. The number of nitrogens with zero attached hydrogens (tertiary/aromatic N) is 1. The van der Waals surface area contributed by atoms with Gasteiger partial charge in [-0.15, -0.1) is 0 Å². The Morgan fingerprint density at radius 1 is 1.22 bits per heavy atom. The van der Waals surface area contributed by atoms with E-state index in [1.165, 1.54) is 38.8 Å². The fourth-order valence-electron chi connectivity index (χ4n) is 3.23. The smallest absolute Gasteiger partial charge is 0.0113 e. The normalized spacial score (nSPS) is 21.5. The molecule has 0 aromatic rings. The second-order valence-electron chi connectivity index (χ2n) is 7.44. The molecule has 108 valence electrons. The highest BCUT2D eigenvalue weighted by atomic mass is 15.1. The lowest BCUT2D eigenvalue weighted by atomic mass is 9.82. The second-order valence-corrected chi connectivity index (χ2v) is 7.44. The van der Waals surface area contributed by atoms with Gasteiger partial charge in [-0.1, -0.05) is 40.5 Å². The molecule has 2 nitrogen and oxygen atoms in total. The van der Waals surface area contributed by atoms with E-state index in [2.05, 4.69) is 51.9 Å². The van der Waals surface area contributed by atoms with Gasteiger partial charge in [0.1, 0.15) is 0 Å². The van der Waals surface area contributed by atoms with Gasteiger partial charge in [0.15, 0.2) is 0 Å². The molecule has 0 heterocycles. The van der Waals surface area contributed by atoms with Gasteiger partial charge in [0.2, 0.25) is 0 Å². The van der Waals surface area contributed by atoms with Crippen molar-refractivity contribution in [3.8, 4) is 0 Å². The van der Waals surface area contributed by atoms with Crippen molar-refractivity contribution >= 4 is 0 Å². The van der Waals surface area contributed by atoms with E-state index in [0.717, 1.165) is 6.54 Å². The van der Waals surface area contributed by atoms with Crippen molar-refractivity contribution in [1.29, 1.82) is 0 Å². The summed E-state index contributed by atoms with van der Waals surface area (Å²) in [5.41, 5.74) is 0.900. The van der Waals surface area contributed by atoms with Gasteiger partial charge in [0, 0.05) is 19.1 Å². The van der Waals surface area contributed by atoms with Crippen LogP contribution in [0.1, 0.15) is 60.3 Å². The van der Waals surface area contributed by atoms with E-state index >= 15 is 0 Å². The summed E-state index contributed by atoms with van der Waals surface area (Å²) in [7, 11) is 2.31. The fraction of sp³-hybridized carbons (Fsp3) is 1.00. The summed E-state index contributed by atoms with van der Waals surface area (Å²) in [5.74, 6) is 0. The van der Waals surface area contributed by atoms with Gasteiger partial charge in [0.25, 0.3) is 0 Å². The van der Waals surface area contributed by atoms with Crippen LogP contribution in [-0.4, -0.2) is 37.6 Å². The molecule has 1 saturated carbocycles. The van der Waals surface area contributed by atoms with E-state index in [1.54, 1.807) is 0 Å². The Kier molecular flexibility index (Phi) is 5.67. The van der Waals surface area contributed by atoms with Crippen LogP contribution in [0.25, 0.3) is 0 Å². The van der Waals surface area contributed by atoms with Gasteiger partial charge in [0.05, 0.1) is 0 Å². The summed E-state index contributed by atoms with van der Waals surface area (Å²) in [6.45, 7) is 15.2. The second kappa shape index (κ2) is 6.38. The van der Waals surface area contributed by atoms with Crippen molar-refractivity contribution in [2.45, 2.75) is 66.3 Å². The molecule has 18 heavy (non-hydrogen) atoms. The number of nitrogens with one attached hydrogen (secondary N) is 1. The molecule has 0 aliphatic heterocycles. The van der Waals surface area contributed by atoms with Crippen LogP contribution in [0.5, 0.6) is 0 Å². The maximum Gasteiger partial charge on any atom is 0.0113 e. The van der Waals surface area contributed by atoms with Gasteiger partial charge in [-0.2, -0.15) is 0 Å². The molecule has 0 bridgehead atoms. The molecule has 1 atom stereocenters. The highest BCUT2D eigenvalue weighted by Gasteiger charge is 2.36. The zero-order valence-corrected chi connectivity index (χ0v) is 13.5. The maximum absolute atomic E-state index is 3.59. The highest BCUT2D eigenvalue weighted by molar-refractivity contribution is 4.91. The standard InChI is InChI=1S/C16H34N2/c1-7-17-12-16(10-8-9-11-16)13-18(6)14(2)15(3,4)5/h14,17H,7-13H2,1-6H3. The number of hydrogen-bond acceptors (Lipinski definition) is 2. The molecular weight excluding hydrogens is 220 g/mol. The monoisotopic (exact) mass is 254 g/mol. The van der Waals surface area contributed by atoms with Crippen LogP contribution < -0.4 is 5.32 Å². The zero-order valence-electron chi connectivity index (χ0n) is 13.5. The van der Waals surface area contributed by atoms with Crippen LogP contribution in [0.4, 0.5) is 0 Å². The Morgan fingerprint density at radius 2 is 1.78 bits per heavy atom. The molecule has 1 unspecified atom stereocenters. The molecule has 1 fully saturated rings. The quantitative estimate of drug-likeness (QED) is 0.780. The average molecular weight is 254 g/mol. The van der Waals surface area contributed by atoms with E-state index in [9.17, 15) is 0 Å². The molecule has 0 aromatic carbocycles. The maximum atomic E-state index is 3.59. The molecule has 0 saturated heterocycles. The van der Waals surface area contributed by atoms with Crippen molar-refractivity contribution in [2.24, 2.45) is 10.8 Å². The van der Waals surface area contributed by atoms with Gasteiger partial charge < -0.3 is 10.2 Å². The van der Waals surface area contributed by atoms with Crippen LogP contribution in [0, 0.1) is 10.8 Å². The van der Waals surface area contributed by atoms with Gasteiger partial charge >= 0.3 is 0 Å². The highest BCUT2D eigenvalue weighted by Crippen LogP contribution is 2.39. The largest absolute Gasteiger partial charge is 0.316 e. The molecule has 0 aromatic heterocycles. The zero-order chi connectivity index (χ0) is 13.8. The molecule has 0 spiro atoms. The summed E-state index contributed by atoms with van der Waals surface area (Å²) in [4.78, 5) is 2.59. The van der Waals surface area contributed by atoms with Gasteiger partial charge in [-0.3, -0.25) is 0 Å². The van der Waals surface area contributed by atoms with Crippen molar-refractivity contribution in [1.82, 2.24) is 10.2 Å². The number of hydrogen-bond donors (Lipinski definition) is 1. The van der Waals surface area contributed by atoms with Crippen molar-refractivity contribution < 1.29 is 0 Å². The third kappa shape index (κ3) is 4.24. The van der Waals surface area contributed by atoms with E-state index < -0.39 is 0 Å². The topological polar surface area (TPSA) is 15.3 Å². The Morgan fingerprint density at radius 3 is 2.22 bits per heavy atom. The summed E-state index contributed by atoms with van der Waals surface area (Å²) >= 11 is 0. The van der Waals surface area contributed by atoms with Crippen LogP contribution >= 0.6 is 0 Å². The third-order valence-electron chi connectivity index (χ3n) is 4.91. The Bertz CT molecular complexity index is 236. The average Bonchev–Trinajstić information content (AvgIpc) is 2.73. The van der Waals surface area contributed by atoms with E-state index in [4.69, 9.17) is 0 Å².